The van der Waals surface area contributed by atoms with Crippen molar-refractivity contribution in [1.82, 2.24) is 24.0 Å². The zero-order chi connectivity index (χ0) is 29.8. The summed E-state index contributed by atoms with van der Waals surface area (Å²) in [5.74, 6) is 0.872. The van der Waals surface area contributed by atoms with E-state index < -0.39 is 0 Å². The number of hydrogen-bond acceptors (Lipinski definition) is 8. The minimum atomic E-state index is 0.00516. The van der Waals surface area contributed by atoms with Crippen molar-refractivity contribution < 1.29 is 4.79 Å². The largest absolute Gasteiger partial charge is 0.399 e. The van der Waals surface area contributed by atoms with Gasteiger partial charge in [-0.1, -0.05) is 24.3 Å². The maximum Gasteiger partial charge on any atom is 0.253 e. The van der Waals surface area contributed by atoms with Gasteiger partial charge in [-0.05, 0) is 78.6 Å². The summed E-state index contributed by atoms with van der Waals surface area (Å²) < 4.78 is 6.64. The SMILES string of the molecule is CN(C)c1ccc(CC(c2ccc(N)cc2)c2nsc(N3CCCN(C(=O)c4ccc(-n5cccn5)cc4)CC3)n2)cc1. The Morgan fingerprint density at radius 3 is 2.42 bits per heavy atom. The fraction of sp³-hybridized carbons (Fsp3) is 0.273. The third kappa shape index (κ3) is 6.54. The maximum absolute atomic E-state index is 13.3. The van der Waals surface area contributed by atoms with Gasteiger partial charge >= 0.3 is 0 Å². The molecule has 5 aromatic rings. The Morgan fingerprint density at radius 2 is 1.72 bits per heavy atom. The second-order valence-corrected chi connectivity index (χ2v) is 11.8. The molecule has 1 saturated heterocycles. The topological polar surface area (TPSA) is 96.4 Å². The van der Waals surface area contributed by atoms with Gasteiger partial charge in [0.1, 0.15) is 0 Å². The van der Waals surface area contributed by atoms with E-state index in [-0.39, 0.29) is 11.8 Å². The van der Waals surface area contributed by atoms with Crippen LogP contribution in [0, 0.1) is 0 Å². The molecule has 2 aromatic heterocycles. The number of anilines is 3. The first-order valence-corrected chi connectivity index (χ1v) is 15.3. The van der Waals surface area contributed by atoms with E-state index in [0.29, 0.717) is 25.2 Å². The lowest BCUT2D eigenvalue weighted by molar-refractivity contribution is 0.0767. The molecule has 0 radical (unpaired) electrons. The summed E-state index contributed by atoms with van der Waals surface area (Å²) >= 11 is 1.44. The van der Waals surface area contributed by atoms with Gasteiger partial charge in [-0.15, -0.1) is 0 Å². The molecule has 9 nitrogen and oxygen atoms in total. The van der Waals surface area contributed by atoms with Crippen LogP contribution in [0.1, 0.15) is 39.6 Å². The molecular formula is C33H36N8OS. The molecule has 43 heavy (non-hydrogen) atoms. The lowest BCUT2D eigenvalue weighted by atomic mass is 9.91. The summed E-state index contributed by atoms with van der Waals surface area (Å²) in [5, 5.41) is 5.16. The molecule has 2 N–H and O–H groups in total. The van der Waals surface area contributed by atoms with Gasteiger partial charge in [-0.25, -0.2) is 9.67 Å². The Bertz CT molecular complexity index is 1630. The van der Waals surface area contributed by atoms with Gasteiger partial charge < -0.3 is 20.4 Å². The molecule has 0 aliphatic carbocycles. The van der Waals surface area contributed by atoms with E-state index >= 15 is 0 Å². The highest BCUT2D eigenvalue weighted by Crippen LogP contribution is 2.31. The monoisotopic (exact) mass is 592 g/mol. The van der Waals surface area contributed by atoms with E-state index in [2.05, 4.69) is 51.3 Å². The molecule has 1 unspecified atom stereocenters. The van der Waals surface area contributed by atoms with Crippen molar-refractivity contribution in [1.29, 1.82) is 0 Å². The lowest BCUT2D eigenvalue weighted by Crippen LogP contribution is -2.35. The number of hydrogen-bond donors (Lipinski definition) is 1. The number of carbonyl (C=O) groups is 1. The zero-order valence-corrected chi connectivity index (χ0v) is 25.3. The minimum Gasteiger partial charge on any atom is -0.399 e. The fourth-order valence-corrected chi connectivity index (χ4v) is 6.20. The van der Waals surface area contributed by atoms with Crippen molar-refractivity contribution >= 4 is 33.9 Å². The third-order valence-electron chi connectivity index (χ3n) is 7.91. The number of carbonyl (C=O) groups excluding carboxylic acids is 1. The number of aromatic nitrogens is 4. The van der Waals surface area contributed by atoms with Gasteiger partial charge in [0.15, 0.2) is 5.82 Å². The molecule has 0 saturated carbocycles. The Morgan fingerprint density at radius 1 is 0.953 bits per heavy atom. The molecule has 1 aliphatic heterocycles. The molecule has 1 fully saturated rings. The smallest absolute Gasteiger partial charge is 0.253 e. The number of nitrogens with zero attached hydrogens (tertiary/aromatic N) is 7. The lowest BCUT2D eigenvalue weighted by Gasteiger charge is -2.22. The van der Waals surface area contributed by atoms with E-state index in [0.717, 1.165) is 47.3 Å². The Hall–Kier alpha value is -4.70. The third-order valence-corrected chi connectivity index (χ3v) is 8.70. The molecule has 1 amide bonds. The molecule has 1 atom stereocenters. The van der Waals surface area contributed by atoms with Crippen LogP contribution in [0.4, 0.5) is 16.5 Å². The first-order valence-electron chi connectivity index (χ1n) is 14.5. The summed E-state index contributed by atoms with van der Waals surface area (Å²) in [6, 6.07) is 26.2. The Kier molecular flexibility index (Phi) is 8.37. The van der Waals surface area contributed by atoms with Gasteiger partial charge in [0.05, 0.1) is 5.69 Å². The summed E-state index contributed by atoms with van der Waals surface area (Å²) in [7, 11) is 4.09. The van der Waals surface area contributed by atoms with Crippen molar-refractivity contribution in [2.24, 2.45) is 0 Å². The van der Waals surface area contributed by atoms with E-state index in [9.17, 15) is 4.79 Å². The highest BCUT2D eigenvalue weighted by Gasteiger charge is 2.25. The molecular weight excluding hydrogens is 556 g/mol. The second kappa shape index (κ2) is 12.7. The van der Waals surface area contributed by atoms with Crippen LogP contribution in [-0.4, -0.2) is 70.2 Å². The molecule has 220 valence electrons. The van der Waals surface area contributed by atoms with Crippen LogP contribution in [0.2, 0.25) is 0 Å². The highest BCUT2D eigenvalue weighted by atomic mass is 32.1. The number of benzene rings is 3. The molecule has 1 aliphatic rings. The fourth-order valence-electron chi connectivity index (χ4n) is 5.42. The second-order valence-electron chi connectivity index (χ2n) is 11.0. The van der Waals surface area contributed by atoms with Crippen LogP contribution in [0.5, 0.6) is 0 Å². The molecule has 3 heterocycles. The van der Waals surface area contributed by atoms with E-state index in [1.54, 1.807) is 10.9 Å². The van der Waals surface area contributed by atoms with Crippen molar-refractivity contribution in [2.75, 3.05) is 55.8 Å². The summed E-state index contributed by atoms with van der Waals surface area (Å²) in [6.07, 6.45) is 5.28. The van der Waals surface area contributed by atoms with Crippen LogP contribution in [0.3, 0.4) is 0 Å². The average molecular weight is 593 g/mol. The van der Waals surface area contributed by atoms with Gasteiger partial charge in [0, 0.05) is 87.1 Å². The van der Waals surface area contributed by atoms with Gasteiger partial charge in [0.2, 0.25) is 5.13 Å². The predicted octanol–water partition coefficient (Wildman–Crippen LogP) is 5.10. The number of nitrogens with two attached hydrogens (primary N) is 1. The maximum atomic E-state index is 13.3. The van der Waals surface area contributed by atoms with Crippen molar-refractivity contribution in [2.45, 2.75) is 18.8 Å². The van der Waals surface area contributed by atoms with Gasteiger partial charge in [0.25, 0.3) is 5.91 Å². The Balaban J connectivity index is 1.15. The molecule has 3 aromatic carbocycles. The number of rotatable bonds is 8. The minimum absolute atomic E-state index is 0.00516. The molecule has 6 rings (SSSR count). The van der Waals surface area contributed by atoms with Crippen LogP contribution in [-0.2, 0) is 6.42 Å². The van der Waals surface area contributed by atoms with Gasteiger partial charge in [-0.3, -0.25) is 4.79 Å². The quantitative estimate of drug-likeness (QED) is 0.251. The predicted molar refractivity (Wildman–Crippen MR) is 173 cm³/mol. The van der Waals surface area contributed by atoms with Crippen molar-refractivity contribution in [3.05, 3.63) is 114 Å². The zero-order valence-electron chi connectivity index (χ0n) is 24.5. The van der Waals surface area contributed by atoms with Gasteiger partial charge in [-0.2, -0.15) is 9.47 Å². The van der Waals surface area contributed by atoms with E-state index in [4.69, 9.17) is 15.1 Å². The average Bonchev–Trinajstić information content (AvgIpc) is 3.69. The number of amides is 1. The van der Waals surface area contributed by atoms with Crippen molar-refractivity contribution in [3.8, 4) is 5.69 Å². The highest BCUT2D eigenvalue weighted by molar-refractivity contribution is 7.09. The summed E-state index contributed by atoms with van der Waals surface area (Å²) in [4.78, 5) is 24.7. The summed E-state index contributed by atoms with van der Waals surface area (Å²) in [6.45, 7) is 2.88. The first kappa shape index (κ1) is 28.4. The van der Waals surface area contributed by atoms with Crippen LogP contribution < -0.4 is 15.5 Å². The first-order chi connectivity index (χ1) is 20.9. The van der Waals surface area contributed by atoms with Crippen LogP contribution >= 0.6 is 11.5 Å². The normalized spacial score (nSPS) is 14.4. The van der Waals surface area contributed by atoms with Crippen LogP contribution in [0.15, 0.2) is 91.3 Å². The molecule has 10 heteroatoms. The summed E-state index contributed by atoms with van der Waals surface area (Å²) in [5.41, 5.74) is 11.9. The van der Waals surface area contributed by atoms with E-state index in [1.807, 2.05) is 67.7 Å². The molecule has 0 spiro atoms. The van der Waals surface area contributed by atoms with E-state index in [1.165, 1.54) is 22.8 Å². The van der Waals surface area contributed by atoms with Crippen LogP contribution in [0.25, 0.3) is 5.69 Å². The number of nitrogen functional groups attached to an aromatic ring is 1. The molecule has 0 bridgehead atoms. The van der Waals surface area contributed by atoms with Crippen molar-refractivity contribution in [3.63, 3.8) is 0 Å². The Labute approximate surface area is 256 Å². The standard InChI is InChI=1S/C33H36N8OS/c1-38(2)28-13-5-24(6-14-28)23-30(25-7-11-27(34)12-8-25)31-36-33(43-37-31)40-19-4-18-39(21-22-40)32(42)26-9-15-29(16-10-26)41-20-3-17-35-41/h3,5-17,20,30H,4,18-19,21-23,34H2,1-2H3.